The van der Waals surface area contributed by atoms with Crippen molar-refractivity contribution in [2.75, 3.05) is 6.54 Å². The van der Waals surface area contributed by atoms with E-state index in [0.29, 0.717) is 5.69 Å². The van der Waals surface area contributed by atoms with Crippen molar-refractivity contribution < 1.29 is 19.8 Å². The second kappa shape index (κ2) is 6.00. The van der Waals surface area contributed by atoms with Crippen LogP contribution in [0.2, 0.25) is 0 Å². The molecule has 0 radical (unpaired) electrons. The molecule has 0 aliphatic heterocycles. The van der Waals surface area contributed by atoms with Gasteiger partial charge in [0.2, 0.25) is 5.88 Å². The monoisotopic (exact) mass is 287 g/mol. The Morgan fingerprint density at radius 1 is 1.29 bits per heavy atom. The molecule has 0 aliphatic rings. The van der Waals surface area contributed by atoms with Crippen molar-refractivity contribution in [1.29, 1.82) is 0 Å². The number of carboxylic acid groups (broad SMARTS) is 1. The molecule has 0 fully saturated rings. The summed E-state index contributed by atoms with van der Waals surface area (Å²) < 4.78 is 0. The highest BCUT2D eigenvalue weighted by Crippen LogP contribution is 2.22. The zero-order chi connectivity index (χ0) is 15.4. The lowest BCUT2D eigenvalue weighted by Gasteiger charge is -2.08. The van der Waals surface area contributed by atoms with E-state index in [2.05, 4.69) is 15.3 Å². The lowest BCUT2D eigenvalue weighted by molar-refractivity contribution is -0.135. The molecule has 0 spiro atoms. The van der Waals surface area contributed by atoms with E-state index in [1.54, 1.807) is 0 Å². The minimum absolute atomic E-state index is 0.308. The third-order valence-corrected chi connectivity index (χ3v) is 2.79. The SMILES string of the molecule is Cc1ccccc1-c1cnc(O)c(C(=O)NCC(=O)O)n1. The number of hydrogen-bond donors (Lipinski definition) is 3. The molecule has 1 aromatic heterocycles. The van der Waals surface area contributed by atoms with Crippen molar-refractivity contribution in [2.24, 2.45) is 0 Å². The third-order valence-electron chi connectivity index (χ3n) is 2.79. The average Bonchev–Trinajstić information content (AvgIpc) is 2.46. The lowest BCUT2D eigenvalue weighted by atomic mass is 10.1. The number of rotatable bonds is 4. The van der Waals surface area contributed by atoms with E-state index in [1.807, 2.05) is 31.2 Å². The summed E-state index contributed by atoms with van der Waals surface area (Å²) in [5.41, 5.74) is 1.83. The number of aromatic nitrogens is 2. The van der Waals surface area contributed by atoms with Crippen molar-refractivity contribution in [3.05, 3.63) is 41.7 Å². The summed E-state index contributed by atoms with van der Waals surface area (Å²) in [6.45, 7) is 1.32. The zero-order valence-corrected chi connectivity index (χ0v) is 11.2. The van der Waals surface area contributed by atoms with Crippen LogP contribution < -0.4 is 5.32 Å². The van der Waals surface area contributed by atoms with Crippen LogP contribution in [0.3, 0.4) is 0 Å². The van der Waals surface area contributed by atoms with E-state index in [9.17, 15) is 14.7 Å². The van der Waals surface area contributed by atoms with Crippen molar-refractivity contribution in [3.8, 4) is 17.1 Å². The number of aryl methyl sites for hydroxylation is 1. The van der Waals surface area contributed by atoms with Crippen molar-refractivity contribution in [2.45, 2.75) is 6.92 Å². The van der Waals surface area contributed by atoms with Crippen molar-refractivity contribution in [1.82, 2.24) is 15.3 Å². The second-order valence-electron chi connectivity index (χ2n) is 4.32. The van der Waals surface area contributed by atoms with Gasteiger partial charge in [0.05, 0.1) is 11.9 Å². The van der Waals surface area contributed by atoms with E-state index in [4.69, 9.17) is 5.11 Å². The van der Waals surface area contributed by atoms with Gasteiger partial charge in [0.15, 0.2) is 5.69 Å². The maximum Gasteiger partial charge on any atom is 0.322 e. The van der Waals surface area contributed by atoms with E-state index in [1.165, 1.54) is 6.20 Å². The first kappa shape index (κ1) is 14.4. The summed E-state index contributed by atoms with van der Waals surface area (Å²) in [6, 6.07) is 7.39. The molecule has 1 heterocycles. The molecular weight excluding hydrogens is 274 g/mol. The molecule has 1 aromatic carbocycles. The van der Waals surface area contributed by atoms with Crippen LogP contribution in [0.4, 0.5) is 0 Å². The topological polar surface area (TPSA) is 112 Å². The Hall–Kier alpha value is -2.96. The Morgan fingerprint density at radius 2 is 2.00 bits per heavy atom. The van der Waals surface area contributed by atoms with E-state index in [-0.39, 0.29) is 5.69 Å². The average molecular weight is 287 g/mol. The molecule has 2 aromatic rings. The molecule has 3 N–H and O–H groups in total. The fourth-order valence-corrected chi connectivity index (χ4v) is 1.76. The molecule has 0 saturated carbocycles. The van der Waals surface area contributed by atoms with Gasteiger partial charge in [0, 0.05) is 5.56 Å². The fourth-order valence-electron chi connectivity index (χ4n) is 1.76. The Bertz CT molecular complexity index is 700. The highest BCUT2D eigenvalue weighted by Gasteiger charge is 2.17. The number of benzene rings is 1. The standard InChI is InChI=1S/C14H13N3O4/c1-8-4-2-3-5-9(8)10-6-15-13(20)12(17-10)14(21)16-7-11(18)19/h2-6H,7H2,1H3,(H,15,20)(H,16,21)(H,18,19). The zero-order valence-electron chi connectivity index (χ0n) is 11.2. The van der Waals surface area contributed by atoms with Crippen LogP contribution in [0.5, 0.6) is 5.88 Å². The van der Waals surface area contributed by atoms with Gasteiger partial charge >= 0.3 is 5.97 Å². The Balaban J connectivity index is 2.36. The Kier molecular flexibility index (Phi) is 4.13. The molecular formula is C14H13N3O4. The molecule has 0 atom stereocenters. The number of nitrogens with one attached hydrogen (secondary N) is 1. The number of aliphatic carboxylic acids is 1. The number of nitrogens with zero attached hydrogens (tertiary/aromatic N) is 2. The summed E-state index contributed by atoms with van der Waals surface area (Å²) in [5.74, 6) is -2.53. The van der Waals surface area contributed by atoms with Crippen molar-refractivity contribution >= 4 is 11.9 Å². The van der Waals surface area contributed by atoms with Crippen LogP contribution in [0.15, 0.2) is 30.5 Å². The number of carboxylic acids is 1. The van der Waals surface area contributed by atoms with Crippen LogP contribution in [0.1, 0.15) is 16.1 Å². The summed E-state index contributed by atoms with van der Waals surface area (Å²) in [6.07, 6.45) is 1.35. The highest BCUT2D eigenvalue weighted by atomic mass is 16.4. The number of hydrogen-bond acceptors (Lipinski definition) is 5. The molecule has 0 aliphatic carbocycles. The summed E-state index contributed by atoms with van der Waals surface area (Å²) in [4.78, 5) is 30.0. The van der Waals surface area contributed by atoms with Crippen LogP contribution in [-0.4, -0.2) is 38.6 Å². The Morgan fingerprint density at radius 3 is 2.67 bits per heavy atom. The predicted molar refractivity (Wildman–Crippen MR) is 73.8 cm³/mol. The predicted octanol–water partition coefficient (Wildman–Crippen LogP) is 0.972. The van der Waals surface area contributed by atoms with E-state index in [0.717, 1.165) is 11.1 Å². The van der Waals surface area contributed by atoms with Crippen LogP contribution >= 0.6 is 0 Å². The first-order valence-electron chi connectivity index (χ1n) is 6.11. The number of carbonyl (C=O) groups excluding carboxylic acids is 1. The smallest absolute Gasteiger partial charge is 0.322 e. The molecule has 21 heavy (non-hydrogen) atoms. The van der Waals surface area contributed by atoms with Gasteiger partial charge in [-0.05, 0) is 12.5 Å². The molecule has 7 heteroatoms. The third kappa shape index (κ3) is 3.33. The maximum absolute atomic E-state index is 11.8. The number of amides is 1. The molecule has 0 unspecified atom stereocenters. The van der Waals surface area contributed by atoms with Gasteiger partial charge in [-0.15, -0.1) is 0 Å². The maximum atomic E-state index is 11.8. The normalized spacial score (nSPS) is 10.1. The summed E-state index contributed by atoms with van der Waals surface area (Å²) in [5, 5.41) is 20.3. The molecule has 0 bridgehead atoms. The van der Waals surface area contributed by atoms with Gasteiger partial charge in [-0.3, -0.25) is 9.59 Å². The summed E-state index contributed by atoms with van der Waals surface area (Å²) in [7, 11) is 0. The fraction of sp³-hybridized carbons (Fsp3) is 0.143. The van der Waals surface area contributed by atoms with Gasteiger partial charge in [-0.1, -0.05) is 24.3 Å². The van der Waals surface area contributed by atoms with E-state index >= 15 is 0 Å². The van der Waals surface area contributed by atoms with E-state index < -0.39 is 24.3 Å². The molecule has 0 saturated heterocycles. The van der Waals surface area contributed by atoms with Gasteiger partial charge in [-0.2, -0.15) is 0 Å². The minimum atomic E-state index is -1.19. The number of aromatic hydroxyl groups is 1. The molecule has 1 amide bonds. The quantitative estimate of drug-likeness (QED) is 0.772. The van der Waals surface area contributed by atoms with Gasteiger partial charge in [-0.25, -0.2) is 9.97 Å². The van der Waals surface area contributed by atoms with Crippen LogP contribution in [0.25, 0.3) is 11.3 Å². The van der Waals surface area contributed by atoms with Crippen molar-refractivity contribution in [3.63, 3.8) is 0 Å². The highest BCUT2D eigenvalue weighted by molar-refractivity contribution is 5.96. The van der Waals surface area contributed by atoms with Crippen LogP contribution in [-0.2, 0) is 4.79 Å². The van der Waals surface area contributed by atoms with Crippen LogP contribution in [0, 0.1) is 6.92 Å². The summed E-state index contributed by atoms with van der Waals surface area (Å²) >= 11 is 0. The van der Waals surface area contributed by atoms with Gasteiger partial charge in [0.1, 0.15) is 6.54 Å². The minimum Gasteiger partial charge on any atom is -0.492 e. The van der Waals surface area contributed by atoms with Gasteiger partial charge in [0.25, 0.3) is 5.91 Å². The number of carbonyl (C=O) groups is 2. The first-order chi connectivity index (χ1) is 9.99. The molecule has 7 nitrogen and oxygen atoms in total. The Labute approximate surface area is 120 Å². The van der Waals surface area contributed by atoms with Gasteiger partial charge < -0.3 is 15.5 Å². The lowest BCUT2D eigenvalue weighted by Crippen LogP contribution is -2.30. The molecule has 2 rings (SSSR count). The first-order valence-corrected chi connectivity index (χ1v) is 6.11. The second-order valence-corrected chi connectivity index (χ2v) is 4.32. The molecule has 108 valence electrons. The largest absolute Gasteiger partial charge is 0.492 e.